The fourth-order valence-electron chi connectivity index (χ4n) is 1.80. The van der Waals surface area contributed by atoms with E-state index in [4.69, 9.17) is 5.73 Å². The van der Waals surface area contributed by atoms with E-state index in [2.05, 4.69) is 10.6 Å². The van der Waals surface area contributed by atoms with Gasteiger partial charge in [-0.25, -0.2) is 4.79 Å². The van der Waals surface area contributed by atoms with Crippen molar-refractivity contribution in [2.24, 2.45) is 5.73 Å². The Bertz CT molecular complexity index is 728. The van der Waals surface area contributed by atoms with Crippen molar-refractivity contribution >= 4 is 29.0 Å². The lowest BCUT2D eigenvalue weighted by Gasteiger charge is -2.07. The summed E-state index contributed by atoms with van der Waals surface area (Å²) < 4.78 is 0. The minimum absolute atomic E-state index is 0.0353. The molecule has 2 rings (SSSR count). The van der Waals surface area contributed by atoms with E-state index in [0.29, 0.717) is 11.4 Å². The van der Waals surface area contributed by atoms with Crippen molar-refractivity contribution in [3.8, 4) is 0 Å². The van der Waals surface area contributed by atoms with Crippen molar-refractivity contribution in [3.63, 3.8) is 0 Å². The second-order valence-corrected chi connectivity index (χ2v) is 4.29. The number of nitro groups is 1. The molecule has 0 saturated heterocycles. The third kappa shape index (κ3) is 3.57. The monoisotopic (exact) mass is 300 g/mol. The number of benzene rings is 2. The number of nitrogens with zero attached hydrogens (tertiary/aromatic N) is 1. The lowest BCUT2D eigenvalue weighted by molar-refractivity contribution is -0.385. The molecule has 3 amide bonds. The number of para-hydroxylation sites is 1. The first kappa shape index (κ1) is 15.0. The number of urea groups is 1. The van der Waals surface area contributed by atoms with Crippen LogP contribution in [0.1, 0.15) is 10.4 Å². The largest absolute Gasteiger partial charge is 0.351 e. The molecule has 0 aliphatic heterocycles. The highest BCUT2D eigenvalue weighted by Crippen LogP contribution is 2.20. The normalized spacial score (nSPS) is 9.82. The number of carbonyl (C=O) groups is 2. The first-order valence-electron chi connectivity index (χ1n) is 6.18. The Morgan fingerprint density at radius 1 is 0.955 bits per heavy atom. The lowest BCUT2D eigenvalue weighted by Crippen LogP contribution is -2.19. The van der Waals surface area contributed by atoms with E-state index < -0.39 is 16.9 Å². The average molecular weight is 300 g/mol. The zero-order chi connectivity index (χ0) is 16.1. The van der Waals surface area contributed by atoms with Crippen LogP contribution in [0, 0.1) is 10.1 Å². The maximum absolute atomic E-state index is 12.1. The Kier molecular flexibility index (Phi) is 4.33. The van der Waals surface area contributed by atoms with E-state index >= 15 is 0 Å². The number of amides is 3. The van der Waals surface area contributed by atoms with E-state index in [1.807, 2.05) is 0 Å². The van der Waals surface area contributed by atoms with Crippen LogP contribution in [0.2, 0.25) is 0 Å². The summed E-state index contributed by atoms with van der Waals surface area (Å²) in [6, 6.07) is 11.1. The SMILES string of the molecule is NC(=O)Nc1ccc(NC(=O)c2ccccc2[N+](=O)[O-])cc1. The highest BCUT2D eigenvalue weighted by molar-refractivity contribution is 6.07. The molecular formula is C14H12N4O4. The molecule has 0 heterocycles. The number of carbonyl (C=O) groups excluding carboxylic acids is 2. The lowest BCUT2D eigenvalue weighted by atomic mass is 10.1. The van der Waals surface area contributed by atoms with Gasteiger partial charge in [0, 0.05) is 17.4 Å². The third-order valence-electron chi connectivity index (χ3n) is 2.76. The molecule has 8 nitrogen and oxygen atoms in total. The van der Waals surface area contributed by atoms with Crippen molar-refractivity contribution in [2.45, 2.75) is 0 Å². The van der Waals surface area contributed by atoms with Gasteiger partial charge in [-0.15, -0.1) is 0 Å². The van der Waals surface area contributed by atoms with E-state index in [1.165, 1.54) is 30.3 Å². The number of nitro benzene ring substituents is 1. The minimum Gasteiger partial charge on any atom is -0.351 e. The van der Waals surface area contributed by atoms with Crippen LogP contribution in [0.3, 0.4) is 0 Å². The quantitative estimate of drug-likeness (QED) is 0.591. The molecule has 0 fully saturated rings. The molecule has 0 aromatic heterocycles. The maximum Gasteiger partial charge on any atom is 0.316 e. The number of hydrogen-bond donors (Lipinski definition) is 3. The summed E-state index contributed by atoms with van der Waals surface area (Å²) in [5.74, 6) is -0.595. The molecule has 2 aromatic rings. The van der Waals surface area contributed by atoms with Crippen molar-refractivity contribution in [1.82, 2.24) is 0 Å². The average Bonchev–Trinajstić information content (AvgIpc) is 2.48. The fraction of sp³-hybridized carbons (Fsp3) is 0. The van der Waals surface area contributed by atoms with Crippen LogP contribution in [0.5, 0.6) is 0 Å². The van der Waals surface area contributed by atoms with E-state index in [1.54, 1.807) is 18.2 Å². The van der Waals surface area contributed by atoms with Gasteiger partial charge in [-0.3, -0.25) is 14.9 Å². The molecule has 0 spiro atoms. The molecule has 4 N–H and O–H groups in total. The molecule has 112 valence electrons. The molecule has 0 radical (unpaired) electrons. The summed E-state index contributed by atoms with van der Waals surface area (Å²) in [6.45, 7) is 0. The molecular weight excluding hydrogens is 288 g/mol. The van der Waals surface area contributed by atoms with Gasteiger partial charge in [-0.05, 0) is 30.3 Å². The molecule has 0 saturated carbocycles. The standard InChI is InChI=1S/C14H12N4O4/c15-14(20)17-10-7-5-9(6-8-10)16-13(19)11-3-1-2-4-12(11)18(21)22/h1-8H,(H,16,19)(H3,15,17,20). The molecule has 0 bridgehead atoms. The van der Waals surface area contributed by atoms with Crippen molar-refractivity contribution in [3.05, 3.63) is 64.2 Å². The van der Waals surface area contributed by atoms with E-state index in [0.717, 1.165) is 0 Å². The summed E-state index contributed by atoms with van der Waals surface area (Å²) >= 11 is 0. The van der Waals surface area contributed by atoms with Crippen LogP contribution in [-0.4, -0.2) is 16.9 Å². The minimum atomic E-state index is -0.698. The van der Waals surface area contributed by atoms with Crippen molar-refractivity contribution in [2.75, 3.05) is 10.6 Å². The molecule has 0 aliphatic carbocycles. The number of anilines is 2. The summed E-state index contributed by atoms with van der Waals surface area (Å²) in [5.41, 5.74) is 5.57. The first-order valence-corrected chi connectivity index (χ1v) is 6.18. The van der Waals surface area contributed by atoms with E-state index in [-0.39, 0.29) is 11.3 Å². The molecule has 8 heteroatoms. The molecule has 0 unspecified atom stereocenters. The Balaban J connectivity index is 2.15. The van der Waals surface area contributed by atoms with Crippen LogP contribution in [-0.2, 0) is 0 Å². The zero-order valence-electron chi connectivity index (χ0n) is 11.3. The van der Waals surface area contributed by atoms with Crippen LogP contribution < -0.4 is 16.4 Å². The predicted octanol–water partition coefficient (Wildman–Crippen LogP) is 2.34. The number of hydrogen-bond acceptors (Lipinski definition) is 4. The molecule has 2 aromatic carbocycles. The highest BCUT2D eigenvalue weighted by Gasteiger charge is 2.19. The summed E-state index contributed by atoms with van der Waals surface area (Å²) in [6.07, 6.45) is 0. The fourth-order valence-corrected chi connectivity index (χ4v) is 1.80. The molecule has 22 heavy (non-hydrogen) atoms. The van der Waals surface area contributed by atoms with Crippen LogP contribution in [0.4, 0.5) is 21.9 Å². The van der Waals surface area contributed by atoms with Crippen LogP contribution in [0.25, 0.3) is 0 Å². The Hall–Kier alpha value is -3.42. The number of primary amides is 1. The smallest absolute Gasteiger partial charge is 0.316 e. The number of rotatable bonds is 4. The van der Waals surface area contributed by atoms with Gasteiger partial charge in [0.25, 0.3) is 11.6 Å². The Labute approximate surface area is 125 Å². The van der Waals surface area contributed by atoms with Gasteiger partial charge >= 0.3 is 6.03 Å². The highest BCUT2D eigenvalue weighted by atomic mass is 16.6. The summed E-state index contributed by atoms with van der Waals surface area (Å²) in [7, 11) is 0. The first-order chi connectivity index (χ1) is 10.5. The second-order valence-electron chi connectivity index (χ2n) is 4.29. The van der Waals surface area contributed by atoms with Gasteiger partial charge in [-0.1, -0.05) is 12.1 Å². The van der Waals surface area contributed by atoms with Crippen molar-refractivity contribution < 1.29 is 14.5 Å². The Morgan fingerprint density at radius 3 is 2.05 bits per heavy atom. The maximum atomic E-state index is 12.1. The number of nitrogens with two attached hydrogens (primary N) is 1. The molecule has 0 aliphatic rings. The van der Waals surface area contributed by atoms with Crippen LogP contribution in [0.15, 0.2) is 48.5 Å². The van der Waals surface area contributed by atoms with Crippen molar-refractivity contribution in [1.29, 1.82) is 0 Å². The zero-order valence-corrected chi connectivity index (χ0v) is 11.3. The van der Waals surface area contributed by atoms with Gasteiger partial charge < -0.3 is 16.4 Å². The van der Waals surface area contributed by atoms with Gasteiger partial charge in [0.05, 0.1) is 4.92 Å². The van der Waals surface area contributed by atoms with Crippen LogP contribution >= 0.6 is 0 Å². The van der Waals surface area contributed by atoms with Gasteiger partial charge in [0.2, 0.25) is 0 Å². The predicted molar refractivity (Wildman–Crippen MR) is 80.7 cm³/mol. The summed E-state index contributed by atoms with van der Waals surface area (Å²) in [5, 5.41) is 15.8. The topological polar surface area (TPSA) is 127 Å². The third-order valence-corrected chi connectivity index (χ3v) is 2.76. The number of nitrogens with one attached hydrogen (secondary N) is 2. The Morgan fingerprint density at radius 2 is 1.50 bits per heavy atom. The summed E-state index contributed by atoms with van der Waals surface area (Å²) in [4.78, 5) is 33.1. The van der Waals surface area contributed by atoms with Gasteiger partial charge in [-0.2, -0.15) is 0 Å². The van der Waals surface area contributed by atoms with Gasteiger partial charge in [0.1, 0.15) is 5.56 Å². The van der Waals surface area contributed by atoms with E-state index in [9.17, 15) is 19.7 Å². The second kappa shape index (κ2) is 6.35. The molecule has 0 atom stereocenters. The van der Waals surface area contributed by atoms with Gasteiger partial charge in [0.15, 0.2) is 0 Å².